The fraction of sp³-hybridized carbons (Fsp3) is 0.700. The quantitative estimate of drug-likeness (QED) is 0.873. The van der Waals surface area contributed by atoms with Gasteiger partial charge in [0.05, 0.1) is 18.3 Å². The van der Waals surface area contributed by atoms with Crippen molar-refractivity contribution in [3.63, 3.8) is 0 Å². The summed E-state index contributed by atoms with van der Waals surface area (Å²) in [6.45, 7) is 10.1. The van der Waals surface area contributed by atoms with Crippen LogP contribution < -0.4 is 0 Å². The first-order valence-corrected chi connectivity index (χ1v) is 8.93. The number of fused-ring (bicyclic) bond motifs is 1. The molecule has 0 amide bonds. The van der Waals surface area contributed by atoms with Gasteiger partial charge in [0.1, 0.15) is 5.60 Å². The van der Waals surface area contributed by atoms with Crippen LogP contribution in [0.25, 0.3) is 0 Å². The highest BCUT2D eigenvalue weighted by atomic mass is 16.8. The second kappa shape index (κ2) is 4.82. The van der Waals surface area contributed by atoms with Gasteiger partial charge in [0.25, 0.3) is 0 Å². The maximum Gasteiger partial charge on any atom is 0.169 e. The molecule has 4 rings (SSSR count). The van der Waals surface area contributed by atoms with Crippen molar-refractivity contribution in [3.05, 3.63) is 35.4 Å². The van der Waals surface area contributed by atoms with Gasteiger partial charge in [-0.2, -0.15) is 0 Å². The molecule has 2 heterocycles. The summed E-state index contributed by atoms with van der Waals surface area (Å²) in [5.41, 5.74) is 1.18. The Labute approximate surface area is 143 Å². The number of rotatable bonds is 2. The maximum absolute atomic E-state index is 10.7. The third kappa shape index (κ3) is 1.78. The summed E-state index contributed by atoms with van der Waals surface area (Å²) in [5, 5.41) is 21.4. The van der Waals surface area contributed by atoms with Crippen LogP contribution in [0.2, 0.25) is 0 Å². The number of aliphatic hydroxyl groups excluding tert-OH is 2. The number of hydrogen-bond acceptors (Lipinski definition) is 4. The van der Waals surface area contributed by atoms with Crippen molar-refractivity contribution in [2.45, 2.75) is 70.7 Å². The molecular weight excluding hydrogens is 304 g/mol. The van der Waals surface area contributed by atoms with E-state index in [2.05, 4.69) is 38.1 Å². The van der Waals surface area contributed by atoms with E-state index in [1.54, 1.807) is 0 Å². The molecule has 24 heavy (non-hydrogen) atoms. The average Bonchev–Trinajstić information content (AvgIpc) is 2.98. The largest absolute Gasteiger partial charge is 0.390 e. The number of ether oxygens (including phenoxy) is 2. The fourth-order valence-corrected chi connectivity index (χ4v) is 5.60. The molecule has 4 nitrogen and oxygen atoms in total. The first-order valence-electron chi connectivity index (χ1n) is 8.93. The van der Waals surface area contributed by atoms with Crippen LogP contribution >= 0.6 is 0 Å². The second-order valence-corrected chi connectivity index (χ2v) is 8.68. The minimum atomic E-state index is -0.809. The Balaban J connectivity index is 1.77. The molecule has 4 heteroatoms. The standard InChI is InChI=1S/C20H28O4/c1-11-7-6-8-13(9-11)10-14-20-15(12(2)19(5,23-14)24-20)16(21)17(22)18(20,3)4/h6-9,12,14-17,21-22H,10H2,1-5H3/t12-,14+,15+,16+,17-,19+,20+/m0/s1. The van der Waals surface area contributed by atoms with Crippen LogP contribution in [0.5, 0.6) is 0 Å². The van der Waals surface area contributed by atoms with Crippen LogP contribution in [-0.4, -0.2) is 39.9 Å². The molecular formula is C20H28O4. The zero-order chi connectivity index (χ0) is 17.5. The van der Waals surface area contributed by atoms with E-state index in [1.165, 1.54) is 11.1 Å². The molecule has 1 saturated carbocycles. The summed E-state index contributed by atoms with van der Waals surface area (Å²) in [5.74, 6) is -0.772. The third-order valence-corrected chi connectivity index (χ3v) is 7.03. The first kappa shape index (κ1) is 16.5. The summed E-state index contributed by atoms with van der Waals surface area (Å²) >= 11 is 0. The topological polar surface area (TPSA) is 58.9 Å². The van der Waals surface area contributed by atoms with Gasteiger partial charge in [0.2, 0.25) is 0 Å². The predicted molar refractivity (Wildman–Crippen MR) is 90.4 cm³/mol. The van der Waals surface area contributed by atoms with Crippen molar-refractivity contribution in [1.82, 2.24) is 0 Å². The zero-order valence-electron chi connectivity index (χ0n) is 15.1. The Hall–Kier alpha value is -0.940. The summed E-state index contributed by atoms with van der Waals surface area (Å²) in [7, 11) is 0. The highest BCUT2D eigenvalue weighted by Crippen LogP contribution is 2.69. The van der Waals surface area contributed by atoms with E-state index in [0.29, 0.717) is 0 Å². The van der Waals surface area contributed by atoms with Crippen LogP contribution in [0.3, 0.4) is 0 Å². The fourth-order valence-electron chi connectivity index (χ4n) is 5.60. The molecule has 2 aliphatic heterocycles. The molecule has 0 aromatic heterocycles. The lowest BCUT2D eigenvalue weighted by atomic mass is 9.66. The highest BCUT2D eigenvalue weighted by molar-refractivity contribution is 5.29. The SMILES string of the molecule is Cc1cccc(C[C@H]2O[C@]3(C)O[C@@]24[C@@H]([C@@H](O)[C@H](O)C4(C)C)[C@@H]3C)c1. The molecule has 0 radical (unpaired) electrons. The molecule has 3 aliphatic rings. The van der Waals surface area contributed by atoms with Gasteiger partial charge in [0, 0.05) is 23.7 Å². The van der Waals surface area contributed by atoms with Crippen LogP contribution in [0.1, 0.15) is 38.8 Å². The Kier molecular flexibility index (Phi) is 3.32. The Morgan fingerprint density at radius 2 is 1.88 bits per heavy atom. The van der Waals surface area contributed by atoms with Crippen molar-refractivity contribution in [1.29, 1.82) is 0 Å². The summed E-state index contributed by atoms with van der Waals surface area (Å²) in [6.07, 6.45) is -1.03. The van der Waals surface area contributed by atoms with Crippen LogP contribution in [0, 0.1) is 24.2 Å². The molecule has 3 fully saturated rings. The molecule has 2 bridgehead atoms. The number of aliphatic hydroxyl groups is 2. The van der Waals surface area contributed by atoms with Gasteiger partial charge < -0.3 is 19.7 Å². The highest BCUT2D eigenvalue weighted by Gasteiger charge is 2.81. The van der Waals surface area contributed by atoms with Gasteiger partial charge in [-0.1, -0.05) is 50.6 Å². The zero-order valence-corrected chi connectivity index (χ0v) is 15.1. The van der Waals surface area contributed by atoms with E-state index in [4.69, 9.17) is 9.47 Å². The van der Waals surface area contributed by atoms with Crippen LogP contribution in [-0.2, 0) is 15.9 Å². The second-order valence-electron chi connectivity index (χ2n) is 8.68. The van der Waals surface area contributed by atoms with E-state index in [9.17, 15) is 10.2 Å². The summed E-state index contributed by atoms with van der Waals surface area (Å²) in [4.78, 5) is 0. The smallest absolute Gasteiger partial charge is 0.169 e. The van der Waals surface area contributed by atoms with Gasteiger partial charge >= 0.3 is 0 Å². The number of benzene rings is 1. The molecule has 132 valence electrons. The molecule has 2 saturated heterocycles. The Bertz CT molecular complexity index is 671. The van der Waals surface area contributed by atoms with E-state index in [0.717, 1.165) is 6.42 Å². The van der Waals surface area contributed by atoms with E-state index >= 15 is 0 Å². The molecule has 1 spiro atoms. The van der Waals surface area contributed by atoms with Crippen LogP contribution in [0.4, 0.5) is 0 Å². The Morgan fingerprint density at radius 1 is 1.17 bits per heavy atom. The molecule has 1 aliphatic carbocycles. The Morgan fingerprint density at radius 3 is 2.54 bits per heavy atom. The molecule has 7 atom stereocenters. The van der Waals surface area contributed by atoms with Crippen molar-refractivity contribution < 1.29 is 19.7 Å². The monoisotopic (exact) mass is 332 g/mol. The molecule has 2 N–H and O–H groups in total. The maximum atomic E-state index is 10.7. The van der Waals surface area contributed by atoms with E-state index < -0.39 is 29.0 Å². The normalized spacial score (nSPS) is 48.7. The average molecular weight is 332 g/mol. The minimum absolute atomic E-state index is 0.0395. The van der Waals surface area contributed by atoms with Crippen molar-refractivity contribution in [2.75, 3.05) is 0 Å². The summed E-state index contributed by atoms with van der Waals surface area (Å²) in [6, 6.07) is 8.41. The summed E-state index contributed by atoms with van der Waals surface area (Å²) < 4.78 is 12.9. The molecule has 1 aromatic rings. The number of aryl methyl sites for hydroxylation is 1. The van der Waals surface area contributed by atoms with Gasteiger partial charge in [0.15, 0.2) is 5.79 Å². The minimum Gasteiger partial charge on any atom is -0.390 e. The third-order valence-electron chi connectivity index (χ3n) is 7.03. The van der Waals surface area contributed by atoms with Crippen molar-refractivity contribution in [2.24, 2.45) is 17.3 Å². The predicted octanol–water partition coefficient (Wildman–Crippen LogP) is 2.44. The van der Waals surface area contributed by atoms with Gasteiger partial charge in [-0.15, -0.1) is 0 Å². The van der Waals surface area contributed by atoms with Crippen molar-refractivity contribution in [3.8, 4) is 0 Å². The van der Waals surface area contributed by atoms with Gasteiger partial charge in [-0.25, -0.2) is 0 Å². The van der Waals surface area contributed by atoms with E-state index in [-0.39, 0.29) is 17.9 Å². The lowest BCUT2D eigenvalue weighted by Crippen LogP contribution is -2.56. The molecule has 1 aromatic carbocycles. The lowest BCUT2D eigenvalue weighted by molar-refractivity contribution is -0.188. The van der Waals surface area contributed by atoms with Crippen molar-refractivity contribution >= 4 is 0 Å². The molecule has 0 unspecified atom stereocenters. The van der Waals surface area contributed by atoms with Crippen LogP contribution in [0.15, 0.2) is 24.3 Å². The lowest BCUT2D eigenvalue weighted by Gasteiger charge is -2.44. The van der Waals surface area contributed by atoms with E-state index in [1.807, 2.05) is 20.8 Å². The van der Waals surface area contributed by atoms with Gasteiger partial charge in [-0.05, 0) is 19.4 Å². The number of hydrogen-bond donors (Lipinski definition) is 2. The van der Waals surface area contributed by atoms with Gasteiger partial charge in [-0.3, -0.25) is 0 Å². The first-order chi connectivity index (χ1) is 11.1.